The zero-order chi connectivity index (χ0) is 13.8. The van der Waals surface area contributed by atoms with Crippen LogP contribution in [0.1, 0.15) is 45.9 Å². The summed E-state index contributed by atoms with van der Waals surface area (Å²) in [6.45, 7) is 9.25. The second-order valence-corrected chi connectivity index (χ2v) is 6.09. The van der Waals surface area contributed by atoms with E-state index >= 15 is 0 Å². The van der Waals surface area contributed by atoms with Gasteiger partial charge < -0.3 is 5.73 Å². The third-order valence-corrected chi connectivity index (χ3v) is 4.02. The molecule has 2 heterocycles. The lowest BCUT2D eigenvalue weighted by Gasteiger charge is -2.39. The van der Waals surface area contributed by atoms with E-state index in [-0.39, 0.29) is 0 Å². The number of piperidine rings is 1. The Morgan fingerprint density at radius 1 is 1.42 bits per heavy atom. The van der Waals surface area contributed by atoms with Gasteiger partial charge in [-0.2, -0.15) is 5.10 Å². The molecule has 5 nitrogen and oxygen atoms in total. The summed E-state index contributed by atoms with van der Waals surface area (Å²) in [5.41, 5.74) is 5.92. The summed E-state index contributed by atoms with van der Waals surface area (Å²) >= 11 is 0. The second kappa shape index (κ2) is 6.48. The lowest BCUT2D eigenvalue weighted by atomic mass is 9.96. The van der Waals surface area contributed by atoms with Crippen molar-refractivity contribution in [2.24, 2.45) is 11.7 Å². The number of nitrogens with two attached hydrogens (primary N) is 1. The number of rotatable bonds is 5. The molecular weight excluding hydrogens is 238 g/mol. The van der Waals surface area contributed by atoms with Crippen molar-refractivity contribution in [2.45, 2.75) is 65.2 Å². The lowest BCUT2D eigenvalue weighted by molar-refractivity contribution is 0.0843. The molecule has 2 rings (SSSR count). The SMILES string of the molecule is CC(C)Cn1ncnc1CN1C(C)CCCC1CN. The van der Waals surface area contributed by atoms with Gasteiger partial charge >= 0.3 is 0 Å². The number of nitrogens with zero attached hydrogens (tertiary/aromatic N) is 4. The number of aromatic nitrogens is 3. The van der Waals surface area contributed by atoms with E-state index in [9.17, 15) is 0 Å². The van der Waals surface area contributed by atoms with Gasteiger partial charge in [0.25, 0.3) is 0 Å². The topological polar surface area (TPSA) is 60.0 Å². The Bertz CT molecular complexity index is 387. The number of likely N-dealkylation sites (tertiary alicyclic amines) is 1. The van der Waals surface area contributed by atoms with E-state index < -0.39 is 0 Å². The van der Waals surface area contributed by atoms with E-state index in [2.05, 4.69) is 35.8 Å². The van der Waals surface area contributed by atoms with E-state index in [1.165, 1.54) is 19.3 Å². The minimum absolute atomic E-state index is 0.493. The molecule has 108 valence electrons. The molecule has 2 atom stereocenters. The predicted octanol–water partition coefficient (Wildman–Crippen LogP) is 1.64. The van der Waals surface area contributed by atoms with Gasteiger partial charge in [-0.25, -0.2) is 9.67 Å². The van der Waals surface area contributed by atoms with Crippen molar-refractivity contribution in [3.8, 4) is 0 Å². The molecule has 1 aromatic heterocycles. The Kier molecular flexibility index (Phi) is 4.93. The third kappa shape index (κ3) is 3.54. The van der Waals surface area contributed by atoms with E-state index in [4.69, 9.17) is 5.73 Å². The Balaban J connectivity index is 2.08. The van der Waals surface area contributed by atoms with Crippen LogP contribution in [0.4, 0.5) is 0 Å². The first-order chi connectivity index (χ1) is 9.11. The van der Waals surface area contributed by atoms with E-state index in [1.54, 1.807) is 6.33 Å². The van der Waals surface area contributed by atoms with E-state index in [0.717, 1.165) is 25.5 Å². The average Bonchev–Trinajstić information content (AvgIpc) is 2.78. The molecule has 1 aliphatic rings. The Morgan fingerprint density at radius 3 is 2.89 bits per heavy atom. The fourth-order valence-corrected chi connectivity index (χ4v) is 2.95. The molecule has 2 unspecified atom stereocenters. The Hall–Kier alpha value is -0.940. The van der Waals surface area contributed by atoms with Crippen molar-refractivity contribution in [3.05, 3.63) is 12.2 Å². The molecule has 0 amide bonds. The minimum atomic E-state index is 0.493. The molecule has 1 fully saturated rings. The summed E-state index contributed by atoms with van der Waals surface area (Å²) in [5, 5.41) is 4.35. The van der Waals surface area contributed by atoms with E-state index in [0.29, 0.717) is 18.0 Å². The Morgan fingerprint density at radius 2 is 2.21 bits per heavy atom. The van der Waals surface area contributed by atoms with Crippen molar-refractivity contribution >= 4 is 0 Å². The molecule has 0 aliphatic carbocycles. The molecule has 1 aromatic rings. The number of hydrogen-bond donors (Lipinski definition) is 1. The predicted molar refractivity (Wildman–Crippen MR) is 76.6 cm³/mol. The van der Waals surface area contributed by atoms with Gasteiger partial charge in [0.15, 0.2) is 0 Å². The third-order valence-electron chi connectivity index (χ3n) is 4.02. The molecule has 2 N–H and O–H groups in total. The molecule has 0 aromatic carbocycles. The Labute approximate surface area is 116 Å². The highest BCUT2D eigenvalue weighted by Gasteiger charge is 2.28. The molecule has 1 aliphatic heterocycles. The van der Waals surface area contributed by atoms with E-state index in [1.807, 2.05) is 4.68 Å². The van der Waals surface area contributed by atoms with Crippen LogP contribution in [0.15, 0.2) is 6.33 Å². The first kappa shape index (κ1) is 14.5. The summed E-state index contributed by atoms with van der Waals surface area (Å²) in [6, 6.07) is 1.08. The largest absolute Gasteiger partial charge is 0.329 e. The first-order valence-corrected chi connectivity index (χ1v) is 7.44. The summed E-state index contributed by atoms with van der Waals surface area (Å²) in [5.74, 6) is 1.66. The molecule has 5 heteroatoms. The quantitative estimate of drug-likeness (QED) is 0.879. The minimum Gasteiger partial charge on any atom is -0.329 e. The number of hydrogen-bond acceptors (Lipinski definition) is 4. The maximum atomic E-state index is 5.92. The normalized spacial score (nSPS) is 25.1. The summed E-state index contributed by atoms with van der Waals surface area (Å²) in [6.07, 6.45) is 5.43. The molecule has 0 radical (unpaired) electrons. The van der Waals surface area contributed by atoms with Gasteiger partial charge in [-0.1, -0.05) is 20.3 Å². The van der Waals surface area contributed by atoms with Gasteiger partial charge in [0.05, 0.1) is 6.54 Å². The van der Waals surface area contributed by atoms with Gasteiger partial charge in [0.1, 0.15) is 12.2 Å². The fraction of sp³-hybridized carbons (Fsp3) is 0.857. The zero-order valence-electron chi connectivity index (χ0n) is 12.4. The lowest BCUT2D eigenvalue weighted by Crippen LogP contribution is -2.48. The van der Waals surface area contributed by atoms with Gasteiger partial charge in [-0.3, -0.25) is 4.90 Å². The molecular formula is C14H27N5. The van der Waals surface area contributed by atoms with Crippen LogP contribution in [0.2, 0.25) is 0 Å². The summed E-state index contributed by atoms with van der Waals surface area (Å²) in [7, 11) is 0. The molecule has 0 spiro atoms. The van der Waals surface area contributed by atoms with Crippen molar-refractivity contribution in [3.63, 3.8) is 0 Å². The monoisotopic (exact) mass is 265 g/mol. The highest BCUT2D eigenvalue weighted by molar-refractivity contribution is 4.91. The van der Waals surface area contributed by atoms with Gasteiger partial charge in [0, 0.05) is 25.2 Å². The molecule has 19 heavy (non-hydrogen) atoms. The molecule has 0 bridgehead atoms. The zero-order valence-corrected chi connectivity index (χ0v) is 12.4. The van der Waals surface area contributed by atoms with Crippen molar-refractivity contribution in [1.82, 2.24) is 19.7 Å². The second-order valence-electron chi connectivity index (χ2n) is 6.09. The molecule has 0 saturated carbocycles. The first-order valence-electron chi connectivity index (χ1n) is 7.44. The van der Waals surface area contributed by atoms with Gasteiger partial charge in [-0.15, -0.1) is 0 Å². The maximum Gasteiger partial charge on any atom is 0.141 e. The molecule has 1 saturated heterocycles. The van der Waals surface area contributed by atoms with Crippen molar-refractivity contribution in [1.29, 1.82) is 0 Å². The van der Waals surface area contributed by atoms with Crippen molar-refractivity contribution < 1.29 is 0 Å². The van der Waals surface area contributed by atoms with Gasteiger partial charge in [-0.05, 0) is 25.7 Å². The average molecular weight is 265 g/mol. The van der Waals surface area contributed by atoms with Crippen LogP contribution in [-0.4, -0.2) is 38.3 Å². The van der Waals surface area contributed by atoms with Crippen LogP contribution in [0.5, 0.6) is 0 Å². The summed E-state index contributed by atoms with van der Waals surface area (Å²) in [4.78, 5) is 6.94. The highest BCUT2D eigenvalue weighted by Crippen LogP contribution is 2.23. The highest BCUT2D eigenvalue weighted by atomic mass is 15.4. The van der Waals surface area contributed by atoms with Gasteiger partial charge in [0.2, 0.25) is 0 Å². The van der Waals surface area contributed by atoms with Crippen LogP contribution >= 0.6 is 0 Å². The van der Waals surface area contributed by atoms with Crippen LogP contribution in [0, 0.1) is 5.92 Å². The van der Waals surface area contributed by atoms with Crippen LogP contribution in [0.3, 0.4) is 0 Å². The van der Waals surface area contributed by atoms with Crippen LogP contribution in [0.25, 0.3) is 0 Å². The standard InChI is InChI=1S/C14H27N5/c1-11(2)8-19-14(16-10-17-19)9-18-12(3)5-4-6-13(18)7-15/h10-13H,4-9,15H2,1-3H3. The van der Waals surface area contributed by atoms with Crippen LogP contribution < -0.4 is 5.73 Å². The fourth-order valence-electron chi connectivity index (χ4n) is 2.95. The smallest absolute Gasteiger partial charge is 0.141 e. The van der Waals surface area contributed by atoms with Crippen molar-refractivity contribution in [2.75, 3.05) is 6.54 Å². The van der Waals surface area contributed by atoms with Crippen LogP contribution in [-0.2, 0) is 13.1 Å². The summed E-state index contributed by atoms with van der Waals surface area (Å²) < 4.78 is 2.04. The maximum absolute atomic E-state index is 5.92.